The summed E-state index contributed by atoms with van der Waals surface area (Å²) in [6.07, 6.45) is -0.679. The topological polar surface area (TPSA) is 72.7 Å². The largest absolute Gasteiger partial charge is 0.504 e. The number of rotatable bonds is 3. The molecule has 0 amide bonds. The fraction of sp³-hybridized carbons (Fsp3) is 0.375. The number of fused-ring (bicyclic) bond motifs is 1. The molecule has 1 atom stereocenters. The van der Waals surface area contributed by atoms with Gasteiger partial charge in [-0.2, -0.15) is 0 Å². The van der Waals surface area contributed by atoms with Gasteiger partial charge in [0.25, 0.3) is 0 Å². The summed E-state index contributed by atoms with van der Waals surface area (Å²) in [6, 6.07) is 8.47. The van der Waals surface area contributed by atoms with Crippen molar-refractivity contribution in [1.29, 1.82) is 0 Å². The van der Waals surface area contributed by atoms with Crippen LogP contribution in [0.1, 0.15) is 32.4 Å². The second kappa shape index (κ2) is 5.31. The molecule has 1 unspecified atom stereocenters. The lowest BCUT2D eigenvalue weighted by molar-refractivity contribution is 0.164. The highest BCUT2D eigenvalue weighted by atomic mass is 16.3. The molecule has 0 aliphatic carbocycles. The highest BCUT2D eigenvalue weighted by Gasteiger charge is 2.16. The summed E-state index contributed by atoms with van der Waals surface area (Å²) < 4.78 is 0. The molecule has 108 valence electrons. The summed E-state index contributed by atoms with van der Waals surface area (Å²) in [5.41, 5.74) is 0.654. The minimum absolute atomic E-state index is 0.0774. The van der Waals surface area contributed by atoms with E-state index in [0.29, 0.717) is 6.54 Å². The first-order valence-electron chi connectivity index (χ1n) is 6.65. The van der Waals surface area contributed by atoms with E-state index in [1.807, 2.05) is 39.0 Å². The van der Waals surface area contributed by atoms with Crippen molar-refractivity contribution in [2.45, 2.75) is 32.4 Å². The van der Waals surface area contributed by atoms with Crippen LogP contribution in [0.3, 0.4) is 0 Å². The molecular weight excluding hydrogens is 254 g/mol. The van der Waals surface area contributed by atoms with E-state index in [2.05, 4.69) is 5.32 Å². The molecule has 4 heteroatoms. The first-order chi connectivity index (χ1) is 9.28. The predicted octanol–water partition coefficient (Wildman–Crippen LogP) is 2.67. The molecule has 20 heavy (non-hydrogen) atoms. The Bertz CT molecular complexity index is 617. The number of phenols is 2. The van der Waals surface area contributed by atoms with E-state index in [9.17, 15) is 15.3 Å². The number of hydrogen-bond donors (Lipinski definition) is 4. The fourth-order valence-electron chi connectivity index (χ4n) is 2.13. The van der Waals surface area contributed by atoms with Crippen LogP contribution in [0.5, 0.6) is 11.5 Å². The van der Waals surface area contributed by atoms with Crippen LogP contribution in [0.4, 0.5) is 0 Å². The lowest BCUT2D eigenvalue weighted by Gasteiger charge is -2.23. The predicted molar refractivity (Wildman–Crippen MR) is 80.0 cm³/mol. The number of aliphatic hydroxyl groups excluding tert-OH is 1. The molecule has 0 aliphatic rings. The van der Waals surface area contributed by atoms with Crippen LogP contribution in [0.15, 0.2) is 30.3 Å². The third-order valence-electron chi connectivity index (χ3n) is 3.19. The molecular formula is C16H21NO3. The van der Waals surface area contributed by atoms with E-state index in [1.54, 1.807) is 0 Å². The molecule has 2 aromatic carbocycles. The Labute approximate surface area is 118 Å². The van der Waals surface area contributed by atoms with Gasteiger partial charge in [-0.3, -0.25) is 0 Å². The summed E-state index contributed by atoms with van der Waals surface area (Å²) in [4.78, 5) is 0. The molecule has 0 saturated carbocycles. The molecule has 2 rings (SSSR count). The van der Waals surface area contributed by atoms with Crippen molar-refractivity contribution in [3.8, 4) is 11.5 Å². The Morgan fingerprint density at radius 2 is 1.75 bits per heavy atom. The van der Waals surface area contributed by atoms with Gasteiger partial charge in [-0.25, -0.2) is 0 Å². The van der Waals surface area contributed by atoms with Crippen LogP contribution in [0.2, 0.25) is 0 Å². The normalized spacial score (nSPS) is 13.6. The fourth-order valence-corrected chi connectivity index (χ4v) is 2.13. The summed E-state index contributed by atoms with van der Waals surface area (Å²) in [5, 5.41) is 34.3. The Morgan fingerprint density at radius 1 is 1.10 bits per heavy atom. The summed E-state index contributed by atoms with van der Waals surface area (Å²) in [5.74, 6) is -0.335. The third kappa shape index (κ3) is 3.21. The van der Waals surface area contributed by atoms with Gasteiger partial charge in [0.1, 0.15) is 0 Å². The standard InChI is InChI=1S/C16H21NO3/c1-16(2,3)17-9-15(20)11-6-4-5-10-7-13(18)14(19)8-12(10)11/h4-8,15,17-20H,9H2,1-3H3. The van der Waals surface area contributed by atoms with Crippen LogP contribution < -0.4 is 5.32 Å². The maximum absolute atomic E-state index is 10.3. The lowest BCUT2D eigenvalue weighted by Crippen LogP contribution is -2.38. The van der Waals surface area contributed by atoms with Gasteiger partial charge in [0.05, 0.1) is 6.10 Å². The van der Waals surface area contributed by atoms with Gasteiger partial charge in [0.15, 0.2) is 11.5 Å². The van der Waals surface area contributed by atoms with Crippen molar-refractivity contribution in [2.24, 2.45) is 0 Å². The maximum Gasteiger partial charge on any atom is 0.158 e. The minimum Gasteiger partial charge on any atom is -0.504 e. The molecule has 0 spiro atoms. The van der Waals surface area contributed by atoms with E-state index in [0.717, 1.165) is 16.3 Å². The first-order valence-corrected chi connectivity index (χ1v) is 6.65. The van der Waals surface area contributed by atoms with Gasteiger partial charge in [-0.15, -0.1) is 0 Å². The van der Waals surface area contributed by atoms with Gasteiger partial charge < -0.3 is 20.6 Å². The van der Waals surface area contributed by atoms with Crippen molar-refractivity contribution in [3.63, 3.8) is 0 Å². The highest BCUT2D eigenvalue weighted by molar-refractivity contribution is 5.89. The maximum atomic E-state index is 10.3. The van der Waals surface area contributed by atoms with E-state index in [4.69, 9.17) is 0 Å². The van der Waals surface area contributed by atoms with E-state index >= 15 is 0 Å². The summed E-state index contributed by atoms with van der Waals surface area (Å²) in [7, 11) is 0. The second-order valence-corrected chi connectivity index (χ2v) is 6.06. The summed E-state index contributed by atoms with van der Waals surface area (Å²) >= 11 is 0. The smallest absolute Gasteiger partial charge is 0.158 e. The van der Waals surface area contributed by atoms with Crippen LogP contribution in [0, 0.1) is 0 Å². The molecule has 0 bridgehead atoms. The quantitative estimate of drug-likeness (QED) is 0.650. The number of hydrogen-bond acceptors (Lipinski definition) is 4. The monoisotopic (exact) mass is 275 g/mol. The molecule has 0 saturated heterocycles. The number of β-amino-alcohol motifs (C(OH)–C–C–N with tert-alkyl or cyclic N) is 1. The van der Waals surface area contributed by atoms with Crippen LogP contribution >= 0.6 is 0 Å². The third-order valence-corrected chi connectivity index (χ3v) is 3.19. The zero-order chi connectivity index (χ0) is 14.9. The number of nitrogens with one attached hydrogen (secondary N) is 1. The first kappa shape index (κ1) is 14.6. The van der Waals surface area contributed by atoms with Crippen LogP contribution in [0.25, 0.3) is 10.8 Å². The van der Waals surface area contributed by atoms with Crippen molar-refractivity contribution >= 4 is 10.8 Å². The molecule has 4 nitrogen and oxygen atoms in total. The molecule has 2 aromatic rings. The highest BCUT2D eigenvalue weighted by Crippen LogP contribution is 2.33. The van der Waals surface area contributed by atoms with E-state index < -0.39 is 6.10 Å². The number of benzene rings is 2. The van der Waals surface area contributed by atoms with E-state index in [1.165, 1.54) is 12.1 Å². The lowest BCUT2D eigenvalue weighted by atomic mass is 9.99. The Kier molecular flexibility index (Phi) is 3.88. The van der Waals surface area contributed by atoms with Gasteiger partial charge in [-0.05, 0) is 49.2 Å². The van der Waals surface area contributed by atoms with Gasteiger partial charge in [0, 0.05) is 12.1 Å². The number of aromatic hydroxyl groups is 2. The second-order valence-electron chi connectivity index (χ2n) is 6.06. The Balaban J connectivity index is 2.36. The van der Waals surface area contributed by atoms with Gasteiger partial charge >= 0.3 is 0 Å². The average Bonchev–Trinajstić information content (AvgIpc) is 2.36. The number of aliphatic hydroxyl groups is 1. The van der Waals surface area contributed by atoms with Gasteiger partial charge in [-0.1, -0.05) is 18.2 Å². The van der Waals surface area contributed by atoms with Crippen molar-refractivity contribution in [2.75, 3.05) is 6.54 Å². The summed E-state index contributed by atoms with van der Waals surface area (Å²) in [6.45, 7) is 6.52. The molecule has 4 N–H and O–H groups in total. The SMILES string of the molecule is CC(C)(C)NCC(O)c1cccc2cc(O)c(O)cc12. The Hall–Kier alpha value is -1.78. The zero-order valence-corrected chi connectivity index (χ0v) is 12.0. The zero-order valence-electron chi connectivity index (χ0n) is 12.0. The molecule has 0 aliphatic heterocycles. The molecule has 0 radical (unpaired) electrons. The Morgan fingerprint density at radius 3 is 2.40 bits per heavy atom. The van der Waals surface area contributed by atoms with Crippen LogP contribution in [-0.2, 0) is 0 Å². The van der Waals surface area contributed by atoms with Crippen molar-refractivity contribution < 1.29 is 15.3 Å². The molecule has 0 fully saturated rings. The average molecular weight is 275 g/mol. The van der Waals surface area contributed by atoms with Crippen molar-refractivity contribution in [1.82, 2.24) is 5.32 Å². The number of phenolic OH excluding ortho intramolecular Hbond substituents is 2. The van der Waals surface area contributed by atoms with E-state index in [-0.39, 0.29) is 17.0 Å². The molecule has 0 heterocycles. The molecule has 0 aromatic heterocycles. The van der Waals surface area contributed by atoms with Gasteiger partial charge in [0.2, 0.25) is 0 Å². The minimum atomic E-state index is -0.679. The van der Waals surface area contributed by atoms with Crippen LogP contribution in [-0.4, -0.2) is 27.4 Å². The van der Waals surface area contributed by atoms with Crippen molar-refractivity contribution in [3.05, 3.63) is 35.9 Å².